The summed E-state index contributed by atoms with van der Waals surface area (Å²) in [6.07, 6.45) is -9.92. The molecule has 222 valence electrons. The summed E-state index contributed by atoms with van der Waals surface area (Å²) in [5, 5.41) is 2.25. The summed E-state index contributed by atoms with van der Waals surface area (Å²) in [6.45, 7) is 1.30. The van der Waals surface area contributed by atoms with Gasteiger partial charge in [-0.3, -0.25) is 14.4 Å². The third-order valence-electron chi connectivity index (χ3n) is 7.29. The van der Waals surface area contributed by atoms with Gasteiger partial charge in [0.05, 0.1) is 11.1 Å². The molecule has 0 aromatic heterocycles. The molecule has 3 amide bonds. The van der Waals surface area contributed by atoms with Crippen molar-refractivity contribution in [2.75, 3.05) is 25.9 Å². The second-order valence-corrected chi connectivity index (χ2v) is 11.2. The van der Waals surface area contributed by atoms with E-state index in [1.54, 1.807) is 6.92 Å². The van der Waals surface area contributed by atoms with E-state index in [1.807, 2.05) is 0 Å². The van der Waals surface area contributed by atoms with Crippen LogP contribution in [0.15, 0.2) is 36.4 Å². The molecule has 2 fully saturated rings. The molecule has 2 saturated heterocycles. The minimum atomic E-state index is -5.03. The SMILES string of the molecule is Cc1cc(F)ccc1C1CN(C(=O)[C@@H]2CSC(=O)N2)CCC1C(=O)N(C)Cc1cc(C(F)(F)F)cc(C(F)(F)F)c1. The normalized spacial score (nSPS) is 21.5. The van der Waals surface area contributed by atoms with Gasteiger partial charge in [0.1, 0.15) is 11.9 Å². The van der Waals surface area contributed by atoms with Gasteiger partial charge in [0.25, 0.3) is 5.24 Å². The topological polar surface area (TPSA) is 69.7 Å². The van der Waals surface area contributed by atoms with Crippen LogP contribution in [-0.2, 0) is 28.5 Å². The van der Waals surface area contributed by atoms with Crippen LogP contribution in [0.5, 0.6) is 0 Å². The van der Waals surface area contributed by atoms with Gasteiger partial charge in [0.2, 0.25) is 11.8 Å². The number of piperidine rings is 1. The van der Waals surface area contributed by atoms with E-state index in [0.717, 1.165) is 16.7 Å². The highest BCUT2D eigenvalue weighted by Gasteiger charge is 2.42. The van der Waals surface area contributed by atoms with Crippen LogP contribution in [-0.4, -0.2) is 58.8 Å². The summed E-state index contributed by atoms with van der Waals surface area (Å²) in [5.41, 5.74) is -2.21. The number of amides is 3. The maximum Gasteiger partial charge on any atom is 0.416 e. The van der Waals surface area contributed by atoms with Crippen LogP contribution < -0.4 is 5.32 Å². The lowest BCUT2D eigenvalue weighted by Gasteiger charge is -2.40. The zero-order chi connectivity index (χ0) is 30.3. The monoisotopic (exact) mass is 605 g/mol. The quantitative estimate of drug-likeness (QED) is 0.452. The first-order valence-corrected chi connectivity index (χ1v) is 13.5. The number of carbonyl (C=O) groups is 3. The number of carbonyl (C=O) groups excluding carboxylic acids is 3. The van der Waals surface area contributed by atoms with Gasteiger partial charge >= 0.3 is 12.4 Å². The molecular weight excluding hydrogens is 579 g/mol. The molecule has 0 saturated carbocycles. The molecule has 2 unspecified atom stereocenters. The minimum absolute atomic E-state index is 0.0245. The number of rotatable bonds is 5. The number of thioether (sulfide) groups is 1. The summed E-state index contributed by atoms with van der Waals surface area (Å²) in [5.74, 6) is -2.58. The van der Waals surface area contributed by atoms with Crippen molar-refractivity contribution in [3.63, 3.8) is 0 Å². The number of nitrogens with one attached hydrogen (secondary N) is 1. The second-order valence-electron chi connectivity index (χ2n) is 10.2. The Kier molecular flexibility index (Phi) is 8.63. The molecule has 6 nitrogen and oxygen atoms in total. The summed E-state index contributed by atoms with van der Waals surface area (Å²) in [6, 6.07) is 4.43. The van der Waals surface area contributed by atoms with Gasteiger partial charge in [0.15, 0.2) is 0 Å². The fourth-order valence-electron chi connectivity index (χ4n) is 5.30. The lowest BCUT2D eigenvalue weighted by molar-refractivity contribution is -0.143. The van der Waals surface area contributed by atoms with Crippen LogP contribution in [0, 0.1) is 18.7 Å². The summed E-state index contributed by atoms with van der Waals surface area (Å²) < 4.78 is 93.9. The van der Waals surface area contributed by atoms with Gasteiger partial charge in [-0.05, 0) is 60.4 Å². The van der Waals surface area contributed by atoms with Crippen molar-refractivity contribution in [2.45, 2.75) is 44.2 Å². The zero-order valence-electron chi connectivity index (χ0n) is 21.9. The number of halogens is 7. The van der Waals surface area contributed by atoms with Crippen molar-refractivity contribution in [1.29, 1.82) is 0 Å². The lowest BCUT2D eigenvalue weighted by atomic mass is 9.78. The smallest absolute Gasteiger partial charge is 0.341 e. The Morgan fingerprint density at radius 2 is 1.68 bits per heavy atom. The lowest BCUT2D eigenvalue weighted by Crippen LogP contribution is -2.52. The molecule has 0 bridgehead atoms. The largest absolute Gasteiger partial charge is 0.416 e. The third kappa shape index (κ3) is 6.96. The van der Waals surface area contributed by atoms with E-state index >= 15 is 0 Å². The van der Waals surface area contributed by atoms with Crippen molar-refractivity contribution in [3.05, 3.63) is 70.0 Å². The molecule has 0 aliphatic carbocycles. The van der Waals surface area contributed by atoms with E-state index in [1.165, 1.54) is 30.1 Å². The van der Waals surface area contributed by atoms with Gasteiger partial charge in [-0.25, -0.2) is 4.39 Å². The Morgan fingerprint density at radius 3 is 2.22 bits per heavy atom. The summed E-state index contributed by atoms with van der Waals surface area (Å²) in [7, 11) is 1.28. The van der Waals surface area contributed by atoms with Gasteiger partial charge in [0, 0.05) is 44.3 Å². The minimum Gasteiger partial charge on any atom is -0.341 e. The van der Waals surface area contributed by atoms with E-state index in [2.05, 4.69) is 5.32 Å². The third-order valence-corrected chi connectivity index (χ3v) is 8.17. The van der Waals surface area contributed by atoms with Gasteiger partial charge < -0.3 is 15.1 Å². The highest BCUT2D eigenvalue weighted by Crippen LogP contribution is 2.38. The first-order valence-electron chi connectivity index (χ1n) is 12.6. The molecule has 0 radical (unpaired) electrons. The summed E-state index contributed by atoms with van der Waals surface area (Å²) >= 11 is 0.973. The molecule has 2 aliphatic heterocycles. The molecule has 2 heterocycles. The average molecular weight is 606 g/mol. The van der Waals surface area contributed by atoms with Crippen LogP contribution in [0.4, 0.5) is 35.5 Å². The van der Waals surface area contributed by atoms with Crippen molar-refractivity contribution >= 4 is 28.8 Å². The molecule has 4 rings (SSSR count). The fraction of sp³-hybridized carbons (Fsp3) is 0.444. The molecule has 0 spiro atoms. The average Bonchev–Trinajstić information content (AvgIpc) is 3.32. The van der Waals surface area contributed by atoms with E-state index in [-0.39, 0.29) is 48.0 Å². The van der Waals surface area contributed by atoms with Crippen molar-refractivity contribution in [2.24, 2.45) is 5.92 Å². The van der Waals surface area contributed by atoms with Gasteiger partial charge in [-0.1, -0.05) is 17.8 Å². The van der Waals surface area contributed by atoms with E-state index in [9.17, 15) is 45.1 Å². The number of hydrogen-bond donors (Lipinski definition) is 1. The molecule has 14 heteroatoms. The maximum atomic E-state index is 13.9. The fourth-order valence-corrected chi connectivity index (χ4v) is 6.07. The highest BCUT2D eigenvalue weighted by atomic mass is 32.2. The number of benzene rings is 2. The van der Waals surface area contributed by atoms with E-state index in [0.29, 0.717) is 23.3 Å². The Balaban J connectivity index is 1.61. The van der Waals surface area contributed by atoms with Crippen LogP contribution in [0.25, 0.3) is 0 Å². The Morgan fingerprint density at radius 1 is 1.05 bits per heavy atom. The van der Waals surface area contributed by atoms with Crippen LogP contribution in [0.2, 0.25) is 0 Å². The highest BCUT2D eigenvalue weighted by molar-refractivity contribution is 8.14. The van der Waals surface area contributed by atoms with Crippen LogP contribution >= 0.6 is 11.8 Å². The van der Waals surface area contributed by atoms with E-state index in [4.69, 9.17) is 0 Å². The number of alkyl halides is 6. The predicted molar refractivity (Wildman–Crippen MR) is 136 cm³/mol. The Bertz CT molecular complexity index is 1320. The number of aryl methyl sites for hydroxylation is 1. The molecule has 2 aromatic carbocycles. The molecule has 1 N–H and O–H groups in total. The van der Waals surface area contributed by atoms with Crippen molar-refractivity contribution in [3.8, 4) is 0 Å². The molecule has 3 atom stereocenters. The Hall–Kier alpha value is -3.29. The predicted octanol–water partition coefficient (Wildman–Crippen LogP) is 5.59. The zero-order valence-corrected chi connectivity index (χ0v) is 22.7. The van der Waals surface area contributed by atoms with Crippen molar-refractivity contribution < 1.29 is 45.1 Å². The number of nitrogens with zero attached hydrogens (tertiary/aromatic N) is 2. The maximum absolute atomic E-state index is 13.9. The van der Waals surface area contributed by atoms with Crippen LogP contribution in [0.1, 0.15) is 40.2 Å². The molecule has 41 heavy (non-hydrogen) atoms. The molecule has 2 aliphatic rings. The summed E-state index contributed by atoms with van der Waals surface area (Å²) in [4.78, 5) is 40.9. The van der Waals surface area contributed by atoms with Gasteiger partial charge in [-0.2, -0.15) is 26.3 Å². The van der Waals surface area contributed by atoms with Gasteiger partial charge in [-0.15, -0.1) is 0 Å². The molecule has 2 aromatic rings. The first kappa shape index (κ1) is 30.7. The van der Waals surface area contributed by atoms with Crippen molar-refractivity contribution in [1.82, 2.24) is 15.1 Å². The van der Waals surface area contributed by atoms with E-state index < -0.39 is 59.6 Å². The first-order chi connectivity index (χ1) is 19.0. The standard InChI is InChI=1S/C27H26F7N3O3S/c1-14-7-18(28)3-4-19(14)21-12-37(24(39)22-13-41-25(40)35-22)6-5-20(21)23(38)36(2)11-15-8-16(26(29,30)31)10-17(9-15)27(32,33)34/h3-4,7-10,20-22H,5-6,11-13H2,1-2H3,(H,35,40)/t20?,21?,22-/m0/s1. The Labute approximate surface area is 235 Å². The number of likely N-dealkylation sites (tertiary alicyclic amines) is 1. The molecular formula is C27H26F7N3O3S. The van der Waals surface area contributed by atoms with Crippen LogP contribution in [0.3, 0.4) is 0 Å². The second kappa shape index (κ2) is 11.5. The number of hydrogen-bond acceptors (Lipinski definition) is 4.